The maximum absolute atomic E-state index is 12.5. The SMILES string of the molecule is CCCCCCCCCCCCCCCCCCC(O)C(CO)NC(=O)CCCCCCCCCCCCCCCCOC(=O)CCCCCCCCCCCCCCCCC. The van der Waals surface area contributed by atoms with Crippen LogP contribution < -0.4 is 5.32 Å². The van der Waals surface area contributed by atoms with Gasteiger partial charge in [0.15, 0.2) is 0 Å². The van der Waals surface area contributed by atoms with E-state index in [9.17, 15) is 19.8 Å². The third-order valence-electron chi connectivity index (χ3n) is 13.4. The van der Waals surface area contributed by atoms with Gasteiger partial charge in [0.1, 0.15) is 0 Å². The van der Waals surface area contributed by atoms with Gasteiger partial charge in [-0.25, -0.2) is 0 Å². The normalized spacial score (nSPS) is 12.5. The van der Waals surface area contributed by atoms with Crippen molar-refractivity contribution in [3.8, 4) is 0 Å². The maximum Gasteiger partial charge on any atom is 0.305 e. The summed E-state index contributed by atoms with van der Waals surface area (Å²) in [6, 6.07) is -0.548. The van der Waals surface area contributed by atoms with Crippen LogP contribution in [0.2, 0.25) is 0 Å². The Hall–Kier alpha value is -1.14. The molecule has 0 aromatic rings. The number of hydrogen-bond donors (Lipinski definition) is 3. The number of aliphatic hydroxyl groups excluding tert-OH is 2. The number of nitrogens with one attached hydrogen (secondary N) is 1. The Morgan fingerprint density at radius 3 is 0.984 bits per heavy atom. The second-order valence-electron chi connectivity index (χ2n) is 19.6. The lowest BCUT2D eigenvalue weighted by molar-refractivity contribution is -0.143. The Morgan fingerprint density at radius 1 is 0.387 bits per heavy atom. The summed E-state index contributed by atoms with van der Waals surface area (Å²) in [5.74, 6) is -0.0406. The Labute approximate surface area is 387 Å². The average Bonchev–Trinajstić information content (AvgIpc) is 3.27. The topological polar surface area (TPSA) is 95.9 Å². The lowest BCUT2D eigenvalue weighted by Gasteiger charge is -2.22. The molecule has 0 aromatic heterocycles. The molecule has 6 heteroatoms. The molecule has 2 atom stereocenters. The standard InChI is InChI=1S/C56H111NO5/c1-3-5-7-9-11-13-15-17-19-21-24-28-32-36-40-44-48-54(59)53(52-58)57-55(60)49-45-41-37-33-29-25-22-23-27-31-35-39-43-47-51-62-56(61)50-46-42-38-34-30-26-20-18-16-14-12-10-8-6-4-2/h53-54,58-59H,3-52H2,1-2H3,(H,57,60). The molecular weight excluding hydrogens is 767 g/mol. The molecule has 2 unspecified atom stereocenters. The van der Waals surface area contributed by atoms with Crippen LogP contribution in [0.1, 0.15) is 322 Å². The van der Waals surface area contributed by atoms with Gasteiger partial charge in [0, 0.05) is 12.8 Å². The molecule has 0 aliphatic carbocycles. The van der Waals surface area contributed by atoms with Crippen LogP contribution in [0, 0.1) is 0 Å². The number of rotatable bonds is 53. The number of carbonyl (C=O) groups excluding carboxylic acids is 2. The summed E-state index contributed by atoms with van der Waals surface area (Å²) in [6.45, 7) is 4.96. The van der Waals surface area contributed by atoms with Crippen molar-refractivity contribution < 1.29 is 24.5 Å². The van der Waals surface area contributed by atoms with Gasteiger partial charge in [-0.15, -0.1) is 0 Å². The molecule has 0 aromatic carbocycles. The zero-order chi connectivity index (χ0) is 45.1. The van der Waals surface area contributed by atoms with Crippen LogP contribution >= 0.6 is 0 Å². The Morgan fingerprint density at radius 2 is 0.661 bits per heavy atom. The summed E-state index contributed by atoms with van der Waals surface area (Å²) >= 11 is 0. The second-order valence-corrected chi connectivity index (χ2v) is 19.6. The molecule has 6 nitrogen and oxygen atoms in total. The number of esters is 1. The molecule has 0 radical (unpaired) electrons. The van der Waals surface area contributed by atoms with E-state index in [1.165, 1.54) is 238 Å². The molecule has 0 bridgehead atoms. The molecule has 0 saturated carbocycles. The highest BCUT2D eigenvalue weighted by Crippen LogP contribution is 2.18. The molecule has 62 heavy (non-hydrogen) atoms. The first kappa shape index (κ1) is 60.9. The van der Waals surface area contributed by atoms with Crippen molar-refractivity contribution in [3.63, 3.8) is 0 Å². The van der Waals surface area contributed by atoms with Crippen molar-refractivity contribution in [2.24, 2.45) is 0 Å². The fourth-order valence-corrected chi connectivity index (χ4v) is 9.05. The molecule has 0 fully saturated rings. The summed E-state index contributed by atoms with van der Waals surface area (Å²) in [7, 11) is 0. The Balaban J connectivity index is 3.42. The van der Waals surface area contributed by atoms with Gasteiger partial charge < -0.3 is 20.3 Å². The van der Waals surface area contributed by atoms with Gasteiger partial charge in [-0.05, 0) is 25.7 Å². The molecule has 3 N–H and O–H groups in total. The first-order valence-corrected chi connectivity index (χ1v) is 28.3. The van der Waals surface area contributed by atoms with Crippen molar-refractivity contribution in [2.45, 2.75) is 334 Å². The number of aliphatic hydroxyl groups is 2. The molecule has 0 spiro atoms. The van der Waals surface area contributed by atoms with Gasteiger partial charge in [-0.3, -0.25) is 9.59 Å². The molecule has 0 saturated heterocycles. The van der Waals surface area contributed by atoms with E-state index in [0.29, 0.717) is 25.9 Å². The monoisotopic (exact) mass is 878 g/mol. The highest BCUT2D eigenvalue weighted by molar-refractivity contribution is 5.76. The van der Waals surface area contributed by atoms with E-state index in [-0.39, 0.29) is 18.5 Å². The lowest BCUT2D eigenvalue weighted by Crippen LogP contribution is -2.45. The summed E-state index contributed by atoms with van der Waals surface area (Å²) in [6.07, 6.45) is 59.4. The molecule has 0 aliphatic heterocycles. The van der Waals surface area contributed by atoms with Crippen LogP contribution in [0.3, 0.4) is 0 Å². The zero-order valence-corrected chi connectivity index (χ0v) is 42.1. The number of amides is 1. The average molecular weight is 879 g/mol. The van der Waals surface area contributed by atoms with E-state index in [0.717, 1.165) is 51.4 Å². The summed E-state index contributed by atoms with van der Waals surface area (Å²) in [5, 5.41) is 23.3. The lowest BCUT2D eigenvalue weighted by atomic mass is 10.0. The van der Waals surface area contributed by atoms with Crippen LogP contribution in [0.5, 0.6) is 0 Å². The number of carbonyl (C=O) groups is 2. The van der Waals surface area contributed by atoms with Gasteiger partial charge in [0.05, 0.1) is 25.4 Å². The molecule has 1 amide bonds. The van der Waals surface area contributed by atoms with E-state index < -0.39 is 12.1 Å². The molecular formula is C56H111NO5. The molecule has 0 heterocycles. The summed E-state index contributed by atoms with van der Waals surface area (Å²) in [4.78, 5) is 24.5. The van der Waals surface area contributed by atoms with Crippen molar-refractivity contribution in [1.82, 2.24) is 5.32 Å². The number of hydrogen-bond acceptors (Lipinski definition) is 5. The van der Waals surface area contributed by atoms with E-state index in [4.69, 9.17) is 4.74 Å². The van der Waals surface area contributed by atoms with Crippen molar-refractivity contribution in [1.29, 1.82) is 0 Å². The molecule has 0 rings (SSSR count). The number of unbranched alkanes of at least 4 members (excludes halogenated alkanes) is 42. The number of ether oxygens (including phenoxy) is 1. The highest BCUT2D eigenvalue weighted by atomic mass is 16.5. The van der Waals surface area contributed by atoms with Crippen LogP contribution in [0.25, 0.3) is 0 Å². The Bertz CT molecular complexity index is 882. The van der Waals surface area contributed by atoms with Gasteiger partial charge in [0.25, 0.3) is 0 Å². The van der Waals surface area contributed by atoms with Crippen molar-refractivity contribution in [2.75, 3.05) is 13.2 Å². The molecule has 370 valence electrons. The smallest absolute Gasteiger partial charge is 0.305 e. The van der Waals surface area contributed by atoms with Gasteiger partial charge in [0.2, 0.25) is 5.91 Å². The van der Waals surface area contributed by atoms with E-state index in [1.54, 1.807) is 0 Å². The second kappa shape index (κ2) is 52.5. The zero-order valence-electron chi connectivity index (χ0n) is 42.1. The summed E-state index contributed by atoms with van der Waals surface area (Å²) < 4.78 is 5.48. The van der Waals surface area contributed by atoms with Crippen LogP contribution in [0.15, 0.2) is 0 Å². The van der Waals surface area contributed by atoms with Crippen LogP contribution in [-0.4, -0.2) is 47.4 Å². The van der Waals surface area contributed by atoms with Crippen LogP contribution in [0.4, 0.5) is 0 Å². The van der Waals surface area contributed by atoms with Crippen LogP contribution in [-0.2, 0) is 14.3 Å². The van der Waals surface area contributed by atoms with E-state index in [2.05, 4.69) is 19.2 Å². The van der Waals surface area contributed by atoms with Crippen molar-refractivity contribution >= 4 is 11.9 Å². The first-order valence-electron chi connectivity index (χ1n) is 28.3. The van der Waals surface area contributed by atoms with Gasteiger partial charge in [-0.1, -0.05) is 284 Å². The Kier molecular flexibility index (Phi) is 51.5. The van der Waals surface area contributed by atoms with E-state index >= 15 is 0 Å². The fourth-order valence-electron chi connectivity index (χ4n) is 9.05. The largest absolute Gasteiger partial charge is 0.466 e. The summed E-state index contributed by atoms with van der Waals surface area (Å²) in [5.41, 5.74) is 0. The predicted octanol–water partition coefficient (Wildman–Crippen LogP) is 17.1. The highest BCUT2D eigenvalue weighted by Gasteiger charge is 2.20. The maximum atomic E-state index is 12.5. The molecule has 0 aliphatic rings. The minimum absolute atomic E-state index is 0.00172. The van der Waals surface area contributed by atoms with Crippen molar-refractivity contribution in [3.05, 3.63) is 0 Å². The minimum Gasteiger partial charge on any atom is -0.466 e. The third-order valence-corrected chi connectivity index (χ3v) is 13.4. The van der Waals surface area contributed by atoms with Gasteiger partial charge >= 0.3 is 5.97 Å². The third kappa shape index (κ3) is 48.3. The predicted molar refractivity (Wildman–Crippen MR) is 269 cm³/mol. The quantitative estimate of drug-likeness (QED) is 0.0418. The fraction of sp³-hybridized carbons (Fsp3) is 0.964. The van der Waals surface area contributed by atoms with Gasteiger partial charge in [-0.2, -0.15) is 0 Å². The minimum atomic E-state index is -0.670. The van der Waals surface area contributed by atoms with E-state index in [1.807, 2.05) is 0 Å². The first-order chi connectivity index (χ1) is 30.5.